The average Bonchev–Trinajstić information content (AvgIpc) is 2.06. The second-order valence-electron chi connectivity index (χ2n) is 4.32. The Morgan fingerprint density at radius 1 is 1.33 bits per heavy atom. The van der Waals surface area contributed by atoms with Crippen LogP contribution in [0.2, 0.25) is 0 Å². The molecule has 3 heteroatoms. The summed E-state index contributed by atoms with van der Waals surface area (Å²) in [4.78, 5) is 10.8. The Morgan fingerprint density at radius 3 is 2.33 bits per heavy atom. The molecule has 1 amide bonds. The highest BCUT2D eigenvalue weighted by atomic mass is 16.5. The molecule has 82 valence electrons. The second kappa shape index (κ2) is 4.34. The first kappa shape index (κ1) is 11.6. The molecule has 0 unspecified atom stereocenters. The molecule has 1 rings (SSSR count). The standard InChI is InChI=1S/C12H17NO2/c1-9-4-6-10(7-5-9)15-12(2,3)8-11(13)14/h4-7H,8H2,1-3H3,(H2,13,14). The minimum atomic E-state index is -0.554. The lowest BCUT2D eigenvalue weighted by Gasteiger charge is -2.25. The van der Waals surface area contributed by atoms with E-state index in [2.05, 4.69) is 0 Å². The number of primary amides is 1. The average molecular weight is 207 g/mol. The summed E-state index contributed by atoms with van der Waals surface area (Å²) in [5.41, 5.74) is 5.76. The van der Waals surface area contributed by atoms with Crippen molar-refractivity contribution in [1.29, 1.82) is 0 Å². The second-order valence-corrected chi connectivity index (χ2v) is 4.32. The van der Waals surface area contributed by atoms with E-state index in [0.29, 0.717) is 0 Å². The molecule has 0 saturated heterocycles. The number of hydrogen-bond donors (Lipinski definition) is 1. The number of carbonyl (C=O) groups excluding carboxylic acids is 1. The molecular formula is C12H17NO2. The molecule has 0 heterocycles. The molecule has 0 spiro atoms. The van der Waals surface area contributed by atoms with Gasteiger partial charge in [-0.2, -0.15) is 0 Å². The van der Waals surface area contributed by atoms with Crippen LogP contribution in [0.5, 0.6) is 5.75 Å². The quantitative estimate of drug-likeness (QED) is 0.821. The third-order valence-electron chi connectivity index (χ3n) is 2.02. The highest BCUT2D eigenvalue weighted by Gasteiger charge is 2.22. The van der Waals surface area contributed by atoms with Crippen molar-refractivity contribution in [2.45, 2.75) is 32.8 Å². The van der Waals surface area contributed by atoms with Crippen molar-refractivity contribution >= 4 is 5.91 Å². The first-order valence-corrected chi connectivity index (χ1v) is 4.93. The fourth-order valence-corrected chi connectivity index (χ4v) is 1.38. The Labute approximate surface area is 90.2 Å². The van der Waals surface area contributed by atoms with Crippen LogP contribution in [0.4, 0.5) is 0 Å². The molecule has 0 bridgehead atoms. The fraction of sp³-hybridized carbons (Fsp3) is 0.417. The van der Waals surface area contributed by atoms with Crippen molar-refractivity contribution in [2.75, 3.05) is 0 Å². The summed E-state index contributed by atoms with van der Waals surface area (Å²) in [5, 5.41) is 0. The van der Waals surface area contributed by atoms with Crippen LogP contribution in [0.1, 0.15) is 25.8 Å². The fourth-order valence-electron chi connectivity index (χ4n) is 1.38. The van der Waals surface area contributed by atoms with Gasteiger partial charge in [0.2, 0.25) is 5.91 Å². The molecule has 0 fully saturated rings. The van der Waals surface area contributed by atoms with Gasteiger partial charge in [0.1, 0.15) is 11.4 Å². The van der Waals surface area contributed by atoms with Crippen LogP contribution in [0, 0.1) is 6.92 Å². The molecule has 1 aromatic rings. The number of ether oxygens (including phenoxy) is 1. The zero-order valence-corrected chi connectivity index (χ0v) is 9.41. The summed E-state index contributed by atoms with van der Waals surface area (Å²) in [7, 11) is 0. The summed E-state index contributed by atoms with van der Waals surface area (Å²) in [6.07, 6.45) is 0.209. The molecule has 0 aromatic heterocycles. The van der Waals surface area contributed by atoms with Crippen LogP contribution in [0.15, 0.2) is 24.3 Å². The number of benzene rings is 1. The van der Waals surface area contributed by atoms with E-state index < -0.39 is 5.60 Å². The Kier molecular flexibility index (Phi) is 3.35. The molecule has 0 aliphatic rings. The van der Waals surface area contributed by atoms with Crippen LogP contribution in [0.3, 0.4) is 0 Å². The van der Waals surface area contributed by atoms with Gasteiger partial charge in [0.25, 0.3) is 0 Å². The summed E-state index contributed by atoms with van der Waals surface area (Å²) < 4.78 is 5.67. The summed E-state index contributed by atoms with van der Waals surface area (Å²) in [6, 6.07) is 7.71. The summed E-state index contributed by atoms with van der Waals surface area (Å²) >= 11 is 0. The Balaban J connectivity index is 2.68. The first-order valence-electron chi connectivity index (χ1n) is 4.93. The number of carbonyl (C=O) groups is 1. The van der Waals surface area contributed by atoms with Crippen molar-refractivity contribution in [3.8, 4) is 5.75 Å². The molecule has 0 atom stereocenters. The van der Waals surface area contributed by atoms with Gasteiger partial charge in [-0.3, -0.25) is 4.79 Å². The lowest BCUT2D eigenvalue weighted by molar-refractivity contribution is -0.121. The highest BCUT2D eigenvalue weighted by molar-refractivity contribution is 5.74. The lowest BCUT2D eigenvalue weighted by Crippen LogP contribution is -2.34. The smallest absolute Gasteiger partial charge is 0.221 e. The molecule has 15 heavy (non-hydrogen) atoms. The number of aryl methyl sites for hydroxylation is 1. The zero-order valence-electron chi connectivity index (χ0n) is 9.41. The van der Waals surface area contributed by atoms with E-state index in [4.69, 9.17) is 10.5 Å². The maximum atomic E-state index is 10.8. The van der Waals surface area contributed by atoms with Crippen LogP contribution >= 0.6 is 0 Å². The largest absolute Gasteiger partial charge is 0.487 e. The third kappa shape index (κ3) is 4.02. The number of hydrogen-bond acceptors (Lipinski definition) is 2. The monoisotopic (exact) mass is 207 g/mol. The van der Waals surface area contributed by atoms with Crippen LogP contribution in [-0.2, 0) is 4.79 Å². The van der Waals surface area contributed by atoms with Crippen LogP contribution < -0.4 is 10.5 Å². The van der Waals surface area contributed by atoms with E-state index in [9.17, 15) is 4.79 Å². The van der Waals surface area contributed by atoms with E-state index in [1.165, 1.54) is 5.56 Å². The SMILES string of the molecule is Cc1ccc(OC(C)(C)CC(N)=O)cc1. The van der Waals surface area contributed by atoms with Crippen molar-refractivity contribution in [1.82, 2.24) is 0 Å². The summed E-state index contributed by atoms with van der Waals surface area (Å²) in [6.45, 7) is 5.70. The molecule has 0 aliphatic heterocycles. The Hall–Kier alpha value is -1.51. The van der Waals surface area contributed by atoms with Crippen molar-refractivity contribution < 1.29 is 9.53 Å². The third-order valence-corrected chi connectivity index (χ3v) is 2.02. The van der Waals surface area contributed by atoms with Gasteiger partial charge in [-0.1, -0.05) is 17.7 Å². The van der Waals surface area contributed by atoms with Crippen molar-refractivity contribution in [3.05, 3.63) is 29.8 Å². The van der Waals surface area contributed by atoms with E-state index in [0.717, 1.165) is 5.75 Å². The van der Waals surface area contributed by atoms with Gasteiger partial charge in [-0.15, -0.1) is 0 Å². The molecule has 1 aromatic carbocycles. The van der Waals surface area contributed by atoms with Crippen molar-refractivity contribution in [2.24, 2.45) is 5.73 Å². The molecule has 3 nitrogen and oxygen atoms in total. The first-order chi connectivity index (χ1) is 6.89. The number of amides is 1. The molecular weight excluding hydrogens is 190 g/mol. The predicted octanol–water partition coefficient (Wildman–Crippen LogP) is 2.03. The molecule has 2 N–H and O–H groups in total. The Morgan fingerprint density at radius 2 is 1.87 bits per heavy atom. The highest BCUT2D eigenvalue weighted by Crippen LogP contribution is 2.20. The van der Waals surface area contributed by atoms with E-state index in [1.807, 2.05) is 45.0 Å². The zero-order chi connectivity index (χ0) is 11.5. The number of rotatable bonds is 4. The topological polar surface area (TPSA) is 52.3 Å². The van der Waals surface area contributed by atoms with Gasteiger partial charge in [-0.25, -0.2) is 0 Å². The van der Waals surface area contributed by atoms with Crippen molar-refractivity contribution in [3.63, 3.8) is 0 Å². The summed E-state index contributed by atoms with van der Waals surface area (Å²) in [5.74, 6) is 0.402. The van der Waals surface area contributed by atoms with Gasteiger partial charge in [0, 0.05) is 0 Å². The van der Waals surface area contributed by atoms with E-state index in [-0.39, 0.29) is 12.3 Å². The minimum Gasteiger partial charge on any atom is -0.487 e. The minimum absolute atomic E-state index is 0.209. The van der Waals surface area contributed by atoms with Gasteiger partial charge >= 0.3 is 0 Å². The Bertz CT molecular complexity index is 341. The molecule has 0 aliphatic carbocycles. The molecule has 0 saturated carbocycles. The van der Waals surface area contributed by atoms with Crippen LogP contribution in [0.25, 0.3) is 0 Å². The van der Waals surface area contributed by atoms with Gasteiger partial charge in [0.05, 0.1) is 6.42 Å². The van der Waals surface area contributed by atoms with Gasteiger partial charge < -0.3 is 10.5 Å². The van der Waals surface area contributed by atoms with E-state index >= 15 is 0 Å². The maximum Gasteiger partial charge on any atom is 0.221 e. The molecule has 0 radical (unpaired) electrons. The lowest BCUT2D eigenvalue weighted by atomic mass is 10.0. The maximum absolute atomic E-state index is 10.8. The van der Waals surface area contributed by atoms with Gasteiger partial charge in [0.15, 0.2) is 0 Å². The van der Waals surface area contributed by atoms with Gasteiger partial charge in [-0.05, 0) is 32.9 Å². The number of nitrogens with two attached hydrogens (primary N) is 1. The van der Waals surface area contributed by atoms with E-state index in [1.54, 1.807) is 0 Å². The predicted molar refractivity (Wildman–Crippen MR) is 59.7 cm³/mol. The normalized spacial score (nSPS) is 11.1. The van der Waals surface area contributed by atoms with Crippen LogP contribution in [-0.4, -0.2) is 11.5 Å².